The molecule has 5 nitrogen and oxygen atoms in total. The Bertz CT molecular complexity index is 535. The summed E-state index contributed by atoms with van der Waals surface area (Å²) in [6.45, 7) is 2.94. The van der Waals surface area contributed by atoms with E-state index in [1.807, 2.05) is 5.32 Å². The van der Waals surface area contributed by atoms with Crippen LogP contribution in [0.2, 0.25) is 0 Å². The summed E-state index contributed by atoms with van der Waals surface area (Å²) >= 11 is 5.57. The molecule has 8 heteroatoms. The van der Waals surface area contributed by atoms with Crippen molar-refractivity contribution in [3.05, 3.63) is 33.9 Å². The van der Waals surface area contributed by atoms with Crippen molar-refractivity contribution >= 4 is 28.9 Å². The highest BCUT2D eigenvalue weighted by atomic mass is 35.5. The molecule has 0 spiro atoms. The summed E-state index contributed by atoms with van der Waals surface area (Å²) in [5.74, 6) is -3.59. The Labute approximate surface area is 112 Å². The second-order valence-corrected chi connectivity index (χ2v) is 4.75. The molecule has 0 saturated heterocycles. The second-order valence-electron chi connectivity index (χ2n) is 4.48. The number of nitro groups is 1. The maximum absolute atomic E-state index is 13.5. The lowest BCUT2D eigenvalue weighted by Crippen LogP contribution is -2.32. The van der Waals surface area contributed by atoms with Gasteiger partial charge in [-0.25, -0.2) is 8.78 Å². The van der Waals surface area contributed by atoms with Gasteiger partial charge in [0.2, 0.25) is 5.91 Å². The Balaban J connectivity index is 3.23. The van der Waals surface area contributed by atoms with Crippen LogP contribution in [0.1, 0.15) is 13.8 Å². The number of halogens is 3. The molecule has 0 aliphatic rings. The summed E-state index contributed by atoms with van der Waals surface area (Å²) < 4.78 is 26.6. The van der Waals surface area contributed by atoms with Crippen LogP contribution >= 0.6 is 11.6 Å². The van der Waals surface area contributed by atoms with Gasteiger partial charge in [0, 0.05) is 11.9 Å². The molecule has 1 aromatic rings. The fraction of sp³-hybridized carbons (Fsp3) is 0.364. The summed E-state index contributed by atoms with van der Waals surface area (Å²) in [7, 11) is 0. The van der Waals surface area contributed by atoms with Crippen LogP contribution in [0.3, 0.4) is 0 Å². The van der Waals surface area contributed by atoms with Gasteiger partial charge in [0.25, 0.3) is 5.69 Å². The zero-order chi connectivity index (χ0) is 14.8. The Morgan fingerprint density at radius 2 is 2.05 bits per heavy atom. The third-order valence-electron chi connectivity index (χ3n) is 2.46. The van der Waals surface area contributed by atoms with Gasteiger partial charge in [0.15, 0.2) is 17.3 Å². The second kappa shape index (κ2) is 5.48. The van der Waals surface area contributed by atoms with Crippen LogP contribution in [-0.4, -0.2) is 16.7 Å². The zero-order valence-electron chi connectivity index (χ0n) is 10.2. The summed E-state index contributed by atoms with van der Waals surface area (Å²) in [6.07, 6.45) is 0. The number of carbonyl (C=O) groups is 1. The molecule has 0 saturated carbocycles. The number of hydrogen-bond acceptors (Lipinski definition) is 3. The molecule has 19 heavy (non-hydrogen) atoms. The molecular weight excluding hydrogens is 282 g/mol. The summed E-state index contributed by atoms with van der Waals surface area (Å²) in [6, 6.07) is 1.40. The average molecular weight is 293 g/mol. The molecule has 1 aromatic carbocycles. The number of alkyl halides is 1. The van der Waals surface area contributed by atoms with E-state index in [2.05, 4.69) is 0 Å². The predicted octanol–water partition coefficient (Wildman–Crippen LogP) is 3.08. The van der Waals surface area contributed by atoms with Crippen LogP contribution in [0.5, 0.6) is 0 Å². The lowest BCUT2D eigenvalue weighted by molar-refractivity contribution is -0.384. The Kier molecular flexibility index (Phi) is 4.41. The molecule has 0 aliphatic heterocycles. The Morgan fingerprint density at radius 1 is 1.47 bits per heavy atom. The third-order valence-corrected chi connectivity index (χ3v) is 3.12. The van der Waals surface area contributed by atoms with E-state index in [1.165, 1.54) is 13.8 Å². The topological polar surface area (TPSA) is 72.2 Å². The molecule has 0 heterocycles. The highest BCUT2D eigenvalue weighted by Crippen LogP contribution is 2.31. The van der Waals surface area contributed by atoms with Crippen LogP contribution in [0.4, 0.5) is 20.2 Å². The van der Waals surface area contributed by atoms with Gasteiger partial charge in [-0.05, 0) is 19.9 Å². The largest absolute Gasteiger partial charge is 0.317 e. The first-order valence-electron chi connectivity index (χ1n) is 5.20. The van der Waals surface area contributed by atoms with Gasteiger partial charge in [0.1, 0.15) is 0 Å². The molecule has 0 unspecified atom stereocenters. The molecule has 0 bridgehead atoms. The lowest BCUT2D eigenvalue weighted by atomic mass is 9.95. The van der Waals surface area contributed by atoms with E-state index in [0.717, 1.165) is 6.07 Å². The summed E-state index contributed by atoms with van der Waals surface area (Å²) in [5.41, 5.74) is -2.60. The van der Waals surface area contributed by atoms with Gasteiger partial charge in [-0.1, -0.05) is 0 Å². The standard InChI is InChI=1S/C11H11ClF2N2O3/c1-11(2,5-12)10(17)15-9-7(16(18)19)4-3-6(13)8(9)14/h3-4H,5H2,1-2H3,(H,15,17). The predicted molar refractivity (Wildman–Crippen MR) is 66.1 cm³/mol. The van der Waals surface area contributed by atoms with Crippen molar-refractivity contribution in [1.82, 2.24) is 0 Å². The molecule has 0 aliphatic carbocycles. The number of hydrogen-bond donors (Lipinski definition) is 1. The van der Waals surface area contributed by atoms with Crippen LogP contribution in [0.25, 0.3) is 0 Å². The molecule has 0 atom stereocenters. The maximum atomic E-state index is 13.5. The smallest absolute Gasteiger partial charge is 0.296 e. The van der Waals surface area contributed by atoms with Crippen molar-refractivity contribution < 1.29 is 18.5 Å². The molecule has 0 aromatic heterocycles. The number of benzene rings is 1. The van der Waals surface area contributed by atoms with Crippen molar-refractivity contribution in [2.45, 2.75) is 13.8 Å². The molecule has 1 amide bonds. The highest BCUT2D eigenvalue weighted by molar-refractivity contribution is 6.20. The van der Waals surface area contributed by atoms with Gasteiger partial charge in [-0.3, -0.25) is 14.9 Å². The van der Waals surface area contributed by atoms with E-state index in [4.69, 9.17) is 11.6 Å². The quantitative estimate of drug-likeness (QED) is 0.526. The molecule has 1 rings (SSSR count). The van der Waals surface area contributed by atoms with Crippen molar-refractivity contribution in [3.8, 4) is 0 Å². The molecule has 104 valence electrons. The maximum Gasteiger partial charge on any atom is 0.296 e. The molecular formula is C11H11ClF2N2O3. The van der Waals surface area contributed by atoms with E-state index in [0.29, 0.717) is 6.07 Å². The Hall–Kier alpha value is -1.76. The van der Waals surface area contributed by atoms with Crippen molar-refractivity contribution in [1.29, 1.82) is 0 Å². The first-order chi connectivity index (χ1) is 8.70. The Morgan fingerprint density at radius 3 is 2.53 bits per heavy atom. The van der Waals surface area contributed by atoms with Gasteiger partial charge < -0.3 is 5.32 Å². The number of amides is 1. The fourth-order valence-corrected chi connectivity index (χ4v) is 1.28. The first-order valence-corrected chi connectivity index (χ1v) is 5.74. The minimum Gasteiger partial charge on any atom is -0.317 e. The van der Waals surface area contributed by atoms with Crippen LogP contribution in [0.15, 0.2) is 12.1 Å². The monoisotopic (exact) mass is 292 g/mol. The van der Waals surface area contributed by atoms with Crippen LogP contribution < -0.4 is 5.32 Å². The molecule has 1 N–H and O–H groups in total. The van der Waals surface area contributed by atoms with Crippen molar-refractivity contribution in [2.75, 3.05) is 11.2 Å². The number of rotatable bonds is 4. The van der Waals surface area contributed by atoms with E-state index >= 15 is 0 Å². The van der Waals surface area contributed by atoms with E-state index < -0.39 is 39.3 Å². The molecule has 0 fully saturated rings. The van der Waals surface area contributed by atoms with E-state index in [9.17, 15) is 23.7 Å². The first kappa shape index (κ1) is 15.3. The van der Waals surface area contributed by atoms with Crippen molar-refractivity contribution in [2.24, 2.45) is 5.41 Å². The molecule has 0 radical (unpaired) electrons. The van der Waals surface area contributed by atoms with Crippen LogP contribution in [0, 0.1) is 27.2 Å². The third kappa shape index (κ3) is 3.17. The zero-order valence-corrected chi connectivity index (χ0v) is 10.9. The SMILES string of the molecule is CC(C)(CCl)C(=O)Nc1c([N+](=O)[O-])ccc(F)c1F. The number of nitro benzene ring substituents is 1. The number of nitrogens with zero attached hydrogens (tertiary/aromatic N) is 1. The van der Waals surface area contributed by atoms with Gasteiger partial charge in [-0.2, -0.15) is 0 Å². The average Bonchev–Trinajstić information content (AvgIpc) is 2.34. The van der Waals surface area contributed by atoms with Gasteiger partial charge in [0.05, 0.1) is 10.3 Å². The lowest BCUT2D eigenvalue weighted by Gasteiger charge is -2.20. The number of nitrogens with one attached hydrogen (secondary N) is 1. The number of anilines is 1. The highest BCUT2D eigenvalue weighted by Gasteiger charge is 2.30. The van der Waals surface area contributed by atoms with Gasteiger partial charge in [-0.15, -0.1) is 11.6 Å². The van der Waals surface area contributed by atoms with Crippen molar-refractivity contribution in [3.63, 3.8) is 0 Å². The van der Waals surface area contributed by atoms with Crippen LogP contribution in [-0.2, 0) is 4.79 Å². The fourth-order valence-electron chi connectivity index (χ4n) is 1.15. The summed E-state index contributed by atoms with van der Waals surface area (Å²) in [5, 5.41) is 12.7. The van der Waals surface area contributed by atoms with Gasteiger partial charge >= 0.3 is 0 Å². The minimum absolute atomic E-state index is 0.0798. The normalized spacial score (nSPS) is 11.2. The summed E-state index contributed by atoms with van der Waals surface area (Å²) in [4.78, 5) is 21.6. The number of carbonyl (C=O) groups excluding carboxylic acids is 1. The minimum atomic E-state index is -1.48. The van der Waals surface area contributed by atoms with E-state index in [-0.39, 0.29) is 5.88 Å². The van der Waals surface area contributed by atoms with E-state index in [1.54, 1.807) is 0 Å².